The lowest BCUT2D eigenvalue weighted by Crippen LogP contribution is -2.07. The second-order valence-corrected chi connectivity index (χ2v) is 3.29. The molecule has 0 aliphatic heterocycles. The van der Waals surface area contributed by atoms with Crippen molar-refractivity contribution in [1.82, 2.24) is 0 Å². The monoisotopic (exact) mass is 201 g/mol. The first kappa shape index (κ1) is 11.6. The molecule has 6 heteroatoms. The number of hydrogen-bond acceptors (Lipinski definition) is 1. The Morgan fingerprint density at radius 3 is 2.33 bits per heavy atom. The summed E-state index contributed by atoms with van der Waals surface area (Å²) in [5.74, 6) is 0. The van der Waals surface area contributed by atoms with Crippen molar-refractivity contribution >= 4 is 8.03 Å². The van der Waals surface area contributed by atoms with Crippen molar-refractivity contribution in [2.45, 2.75) is 25.9 Å². The molecule has 0 heterocycles. The van der Waals surface area contributed by atoms with Crippen LogP contribution in [-0.2, 0) is 4.57 Å². The topological polar surface area (TPSA) is 37.3 Å². The van der Waals surface area contributed by atoms with Gasteiger partial charge >= 0.3 is 14.2 Å². The second kappa shape index (κ2) is 4.58. The zero-order valence-corrected chi connectivity index (χ0v) is 7.32. The molecule has 0 rings (SSSR count). The van der Waals surface area contributed by atoms with Gasteiger partial charge < -0.3 is 0 Å². The molecule has 1 atom stereocenters. The van der Waals surface area contributed by atoms with E-state index in [1.165, 1.54) is 0 Å². The fourth-order valence-corrected chi connectivity index (χ4v) is 1.31. The van der Waals surface area contributed by atoms with Crippen molar-refractivity contribution in [3.05, 3.63) is 11.4 Å². The maximum absolute atomic E-state index is 11.7. The van der Waals surface area contributed by atoms with Gasteiger partial charge in [-0.3, -0.25) is 0 Å². The molecule has 2 nitrogen and oxygen atoms in total. The van der Waals surface area contributed by atoms with Gasteiger partial charge in [-0.15, -0.1) is 0 Å². The lowest BCUT2D eigenvalue weighted by molar-refractivity contribution is -0.126. The van der Waals surface area contributed by atoms with Crippen LogP contribution in [0.1, 0.15) is 19.8 Å². The van der Waals surface area contributed by atoms with Gasteiger partial charge in [0.05, 0.1) is 0 Å². The quantitative estimate of drug-likeness (QED) is 0.712. The minimum Gasteiger partial charge on any atom is -0.171 e. The molecule has 70 valence electrons. The third-order valence-corrected chi connectivity index (χ3v) is 1.90. The van der Waals surface area contributed by atoms with Crippen molar-refractivity contribution in [2.24, 2.45) is 0 Å². The van der Waals surface area contributed by atoms with Crippen LogP contribution in [-0.4, -0.2) is 11.1 Å². The summed E-state index contributed by atoms with van der Waals surface area (Å²) in [7, 11) is -2.84. The third-order valence-electron chi connectivity index (χ3n) is 1.07. The van der Waals surface area contributed by atoms with Gasteiger partial charge in [0.2, 0.25) is 5.31 Å². The zero-order valence-electron chi connectivity index (χ0n) is 6.43. The van der Waals surface area contributed by atoms with E-state index in [-0.39, 0.29) is 0 Å². The number of hydrogen-bond donors (Lipinski definition) is 1. The molecule has 0 aromatic carbocycles. The Hall–Kier alpha value is -0.410. The Kier molecular flexibility index (Phi) is 4.42. The Balaban J connectivity index is 4.36. The van der Waals surface area contributed by atoms with Gasteiger partial charge in [-0.25, -0.2) is 0 Å². The van der Waals surface area contributed by atoms with Crippen LogP contribution in [0, 0.1) is 0 Å². The highest BCUT2D eigenvalue weighted by Gasteiger charge is 2.36. The van der Waals surface area contributed by atoms with Gasteiger partial charge in [0.15, 0.2) is 0 Å². The molecule has 0 aliphatic carbocycles. The number of halogens is 3. The molecule has 0 aromatic rings. The van der Waals surface area contributed by atoms with E-state index < -0.39 is 25.9 Å². The first-order valence-corrected chi connectivity index (χ1v) is 4.50. The molecule has 0 saturated carbocycles. The van der Waals surface area contributed by atoms with E-state index in [1.54, 1.807) is 6.92 Å². The van der Waals surface area contributed by atoms with Gasteiger partial charge in [-0.1, -0.05) is 6.92 Å². The molecule has 0 saturated heterocycles. The maximum atomic E-state index is 11.7. The lowest BCUT2D eigenvalue weighted by atomic mass is 10.3. The molecule has 1 unspecified atom stereocenters. The molecule has 0 aliphatic rings. The molecule has 0 radical (unpaired) electrons. The van der Waals surface area contributed by atoms with E-state index in [2.05, 4.69) is 0 Å². The predicted octanol–water partition coefficient (Wildman–Crippen LogP) is 2.97. The SMILES string of the molecule is CCC=C(CC(F)(F)F)[P+](=O)O. The average molecular weight is 201 g/mol. The first-order chi connectivity index (χ1) is 5.37. The smallest absolute Gasteiger partial charge is 0.171 e. The number of rotatable bonds is 3. The van der Waals surface area contributed by atoms with Gasteiger partial charge in [0.25, 0.3) is 0 Å². The number of alkyl halides is 3. The highest BCUT2D eigenvalue weighted by atomic mass is 31.1. The van der Waals surface area contributed by atoms with Gasteiger partial charge in [0.1, 0.15) is 6.42 Å². The Labute approximate surface area is 69.0 Å². The molecule has 0 bridgehead atoms. The highest BCUT2D eigenvalue weighted by molar-refractivity contribution is 7.43. The minimum atomic E-state index is -4.41. The summed E-state index contributed by atoms with van der Waals surface area (Å²) >= 11 is 0. The number of allylic oxidation sites excluding steroid dienone is 2. The molecule has 12 heavy (non-hydrogen) atoms. The Morgan fingerprint density at radius 1 is 1.58 bits per heavy atom. The summed E-state index contributed by atoms with van der Waals surface area (Å²) in [6.07, 6.45) is -4.25. The van der Waals surface area contributed by atoms with E-state index in [4.69, 9.17) is 4.89 Å². The van der Waals surface area contributed by atoms with E-state index in [1.807, 2.05) is 0 Å². The molecule has 0 fully saturated rings. The van der Waals surface area contributed by atoms with Gasteiger partial charge in [-0.05, 0) is 17.1 Å². The summed E-state index contributed by atoms with van der Waals surface area (Å²) in [4.78, 5) is 8.45. The van der Waals surface area contributed by atoms with E-state index >= 15 is 0 Å². The minimum absolute atomic E-state index is 0.326. The molecular weight excluding hydrogens is 192 g/mol. The lowest BCUT2D eigenvalue weighted by Gasteiger charge is -2.00. The van der Waals surface area contributed by atoms with E-state index in [0.717, 1.165) is 6.08 Å². The van der Waals surface area contributed by atoms with Crippen LogP contribution in [0.25, 0.3) is 0 Å². The molecule has 0 amide bonds. The van der Waals surface area contributed by atoms with Crippen molar-refractivity contribution in [1.29, 1.82) is 0 Å². The summed E-state index contributed by atoms with van der Waals surface area (Å²) in [5, 5.41) is -0.444. The van der Waals surface area contributed by atoms with Crippen LogP contribution in [0.4, 0.5) is 13.2 Å². The molecular formula is C6H9F3O2P+. The van der Waals surface area contributed by atoms with Crippen molar-refractivity contribution in [3.63, 3.8) is 0 Å². The Morgan fingerprint density at radius 2 is 2.08 bits per heavy atom. The van der Waals surface area contributed by atoms with Crippen LogP contribution in [0.15, 0.2) is 11.4 Å². The zero-order chi connectivity index (χ0) is 9.78. The normalized spacial score (nSPS) is 14.8. The van der Waals surface area contributed by atoms with E-state index in [9.17, 15) is 17.7 Å². The second-order valence-electron chi connectivity index (χ2n) is 2.17. The van der Waals surface area contributed by atoms with Crippen molar-refractivity contribution in [3.8, 4) is 0 Å². The summed E-state index contributed by atoms with van der Waals surface area (Å²) in [5.41, 5.74) is 0. The van der Waals surface area contributed by atoms with Crippen LogP contribution in [0.2, 0.25) is 0 Å². The third kappa shape index (κ3) is 5.27. The largest absolute Gasteiger partial charge is 0.541 e. The summed E-state index contributed by atoms with van der Waals surface area (Å²) in [6.45, 7) is 1.61. The fraction of sp³-hybridized carbons (Fsp3) is 0.667. The standard InChI is InChI=1S/C6H8F3O2P/c1-2-3-5(12(10)11)4-6(7,8)9/h3H,2,4H2,1H3/p+1. The van der Waals surface area contributed by atoms with Crippen LogP contribution >= 0.6 is 8.03 Å². The summed E-state index contributed by atoms with van der Waals surface area (Å²) in [6, 6.07) is 0. The fourth-order valence-electron chi connectivity index (χ4n) is 0.659. The highest BCUT2D eigenvalue weighted by Crippen LogP contribution is 2.37. The summed E-state index contributed by atoms with van der Waals surface area (Å²) < 4.78 is 45.5. The van der Waals surface area contributed by atoms with Crippen molar-refractivity contribution in [2.75, 3.05) is 0 Å². The van der Waals surface area contributed by atoms with Crippen molar-refractivity contribution < 1.29 is 22.6 Å². The average Bonchev–Trinajstić information content (AvgIpc) is 1.83. The van der Waals surface area contributed by atoms with Gasteiger partial charge in [0, 0.05) is 0 Å². The predicted molar refractivity (Wildman–Crippen MR) is 38.9 cm³/mol. The first-order valence-electron chi connectivity index (χ1n) is 3.28. The van der Waals surface area contributed by atoms with Crippen LogP contribution in [0.5, 0.6) is 0 Å². The van der Waals surface area contributed by atoms with Gasteiger partial charge in [-0.2, -0.15) is 18.1 Å². The molecule has 0 spiro atoms. The maximum Gasteiger partial charge on any atom is 0.541 e. The molecule has 1 N–H and O–H groups in total. The molecule has 0 aromatic heterocycles. The Bertz CT molecular complexity index is 197. The van der Waals surface area contributed by atoms with E-state index in [0.29, 0.717) is 6.42 Å². The van der Waals surface area contributed by atoms with Crippen LogP contribution in [0.3, 0.4) is 0 Å². The van der Waals surface area contributed by atoms with Crippen LogP contribution < -0.4 is 0 Å².